The first-order valence-electron chi connectivity index (χ1n) is 8.59. The van der Waals surface area contributed by atoms with Crippen molar-refractivity contribution in [2.24, 2.45) is 5.92 Å². The van der Waals surface area contributed by atoms with Crippen LogP contribution in [0.3, 0.4) is 0 Å². The fourth-order valence-corrected chi connectivity index (χ4v) is 3.84. The highest BCUT2D eigenvalue weighted by Crippen LogP contribution is 2.28. The van der Waals surface area contributed by atoms with Crippen molar-refractivity contribution in [3.63, 3.8) is 0 Å². The molecule has 1 saturated carbocycles. The fourth-order valence-electron chi connectivity index (χ4n) is 3.84. The molecule has 0 amide bonds. The van der Waals surface area contributed by atoms with E-state index >= 15 is 0 Å². The van der Waals surface area contributed by atoms with E-state index in [0.29, 0.717) is 5.92 Å². The van der Waals surface area contributed by atoms with Crippen LogP contribution in [-0.2, 0) is 0 Å². The summed E-state index contributed by atoms with van der Waals surface area (Å²) in [5, 5.41) is 9.88. The lowest BCUT2D eigenvalue weighted by atomic mass is 9.86. The summed E-state index contributed by atoms with van der Waals surface area (Å²) in [6.07, 6.45) is 9.54. The van der Waals surface area contributed by atoms with Crippen molar-refractivity contribution in [1.29, 1.82) is 0 Å². The third-order valence-corrected chi connectivity index (χ3v) is 5.05. The van der Waals surface area contributed by atoms with Crippen LogP contribution < -0.4 is 0 Å². The van der Waals surface area contributed by atoms with Crippen LogP contribution >= 0.6 is 0 Å². The van der Waals surface area contributed by atoms with Crippen LogP contribution in [0.5, 0.6) is 0 Å². The SMILES string of the molecule is CCC(CC)N(CC1CCCC(O)C1)C(CC)CC. The minimum Gasteiger partial charge on any atom is -0.393 e. The first-order chi connectivity index (χ1) is 9.15. The Bertz CT molecular complexity index is 211. The molecule has 1 N–H and O–H groups in total. The van der Waals surface area contributed by atoms with Gasteiger partial charge in [0.25, 0.3) is 0 Å². The van der Waals surface area contributed by atoms with Crippen LogP contribution in [-0.4, -0.2) is 34.7 Å². The van der Waals surface area contributed by atoms with Gasteiger partial charge in [0.05, 0.1) is 6.10 Å². The first kappa shape index (κ1) is 17.0. The second kappa shape index (κ2) is 8.97. The Balaban J connectivity index is 2.66. The molecule has 0 spiro atoms. The Morgan fingerprint density at radius 1 is 0.947 bits per heavy atom. The summed E-state index contributed by atoms with van der Waals surface area (Å²) in [7, 11) is 0. The second-order valence-corrected chi connectivity index (χ2v) is 6.32. The second-order valence-electron chi connectivity index (χ2n) is 6.32. The molecule has 0 saturated heterocycles. The molecule has 0 aliphatic heterocycles. The number of aliphatic hydroxyl groups is 1. The molecular formula is C17H35NO. The highest BCUT2D eigenvalue weighted by Gasteiger charge is 2.27. The molecule has 1 aliphatic rings. The van der Waals surface area contributed by atoms with Gasteiger partial charge in [0, 0.05) is 18.6 Å². The van der Waals surface area contributed by atoms with Crippen LogP contribution in [0, 0.1) is 5.92 Å². The summed E-state index contributed by atoms with van der Waals surface area (Å²) in [5.74, 6) is 0.713. The van der Waals surface area contributed by atoms with Gasteiger partial charge < -0.3 is 5.11 Å². The van der Waals surface area contributed by atoms with Gasteiger partial charge >= 0.3 is 0 Å². The topological polar surface area (TPSA) is 23.5 Å². The molecule has 0 bridgehead atoms. The summed E-state index contributed by atoms with van der Waals surface area (Å²) >= 11 is 0. The molecule has 2 nitrogen and oxygen atoms in total. The first-order valence-corrected chi connectivity index (χ1v) is 8.59. The van der Waals surface area contributed by atoms with Crippen LogP contribution in [0.15, 0.2) is 0 Å². The molecule has 0 aromatic carbocycles. The monoisotopic (exact) mass is 269 g/mol. The Labute approximate surface area is 120 Å². The molecule has 2 unspecified atom stereocenters. The molecule has 0 aromatic heterocycles. The molecule has 19 heavy (non-hydrogen) atoms. The average molecular weight is 269 g/mol. The van der Waals surface area contributed by atoms with E-state index in [-0.39, 0.29) is 6.10 Å². The van der Waals surface area contributed by atoms with E-state index in [1.807, 2.05) is 0 Å². The van der Waals surface area contributed by atoms with Crippen molar-refractivity contribution in [2.45, 2.75) is 97.2 Å². The van der Waals surface area contributed by atoms with E-state index in [9.17, 15) is 5.11 Å². The van der Waals surface area contributed by atoms with E-state index in [4.69, 9.17) is 0 Å². The summed E-state index contributed by atoms with van der Waals surface area (Å²) in [5.41, 5.74) is 0. The van der Waals surface area contributed by atoms with Crippen LogP contribution in [0.4, 0.5) is 0 Å². The van der Waals surface area contributed by atoms with Gasteiger partial charge in [-0.3, -0.25) is 4.90 Å². The minimum absolute atomic E-state index is 0.0380. The molecule has 0 aromatic rings. The van der Waals surface area contributed by atoms with Gasteiger partial charge in [-0.05, 0) is 50.9 Å². The van der Waals surface area contributed by atoms with Gasteiger partial charge in [-0.1, -0.05) is 34.1 Å². The largest absolute Gasteiger partial charge is 0.393 e. The van der Waals surface area contributed by atoms with Crippen molar-refractivity contribution in [1.82, 2.24) is 4.90 Å². The van der Waals surface area contributed by atoms with Crippen molar-refractivity contribution >= 4 is 0 Å². The van der Waals surface area contributed by atoms with E-state index in [1.54, 1.807) is 0 Å². The molecular weight excluding hydrogens is 234 g/mol. The Morgan fingerprint density at radius 2 is 1.47 bits per heavy atom. The van der Waals surface area contributed by atoms with Gasteiger partial charge in [-0.2, -0.15) is 0 Å². The molecule has 1 aliphatic carbocycles. The lowest BCUT2D eigenvalue weighted by molar-refractivity contribution is 0.0501. The van der Waals surface area contributed by atoms with Gasteiger partial charge in [-0.25, -0.2) is 0 Å². The molecule has 114 valence electrons. The quantitative estimate of drug-likeness (QED) is 0.713. The zero-order valence-corrected chi connectivity index (χ0v) is 13.6. The van der Waals surface area contributed by atoms with Gasteiger partial charge in [-0.15, -0.1) is 0 Å². The highest BCUT2D eigenvalue weighted by atomic mass is 16.3. The summed E-state index contributed by atoms with van der Waals surface area (Å²) in [6, 6.07) is 1.45. The smallest absolute Gasteiger partial charge is 0.0543 e. The van der Waals surface area contributed by atoms with E-state index in [0.717, 1.165) is 24.9 Å². The predicted molar refractivity (Wildman–Crippen MR) is 83.4 cm³/mol. The number of hydrogen-bond acceptors (Lipinski definition) is 2. The molecule has 2 atom stereocenters. The maximum atomic E-state index is 9.88. The summed E-state index contributed by atoms with van der Waals surface area (Å²) < 4.78 is 0. The van der Waals surface area contributed by atoms with Crippen molar-refractivity contribution in [2.75, 3.05) is 6.54 Å². The van der Waals surface area contributed by atoms with Crippen molar-refractivity contribution < 1.29 is 5.11 Å². The zero-order valence-electron chi connectivity index (χ0n) is 13.6. The van der Waals surface area contributed by atoms with Crippen molar-refractivity contribution in [3.05, 3.63) is 0 Å². The van der Waals surface area contributed by atoms with Crippen molar-refractivity contribution in [3.8, 4) is 0 Å². The normalized spacial score (nSPS) is 24.6. The number of nitrogens with zero attached hydrogens (tertiary/aromatic N) is 1. The van der Waals surface area contributed by atoms with E-state index in [2.05, 4.69) is 32.6 Å². The van der Waals surface area contributed by atoms with Crippen LogP contribution in [0.1, 0.15) is 79.1 Å². The predicted octanol–water partition coefficient (Wildman–Crippen LogP) is 4.22. The highest BCUT2D eigenvalue weighted by molar-refractivity contribution is 4.82. The fraction of sp³-hybridized carbons (Fsp3) is 1.00. The zero-order chi connectivity index (χ0) is 14.3. The maximum absolute atomic E-state index is 9.88. The number of rotatable bonds is 8. The lowest BCUT2D eigenvalue weighted by Gasteiger charge is -2.40. The van der Waals surface area contributed by atoms with Gasteiger partial charge in [0.15, 0.2) is 0 Å². The van der Waals surface area contributed by atoms with Gasteiger partial charge in [0.1, 0.15) is 0 Å². The maximum Gasteiger partial charge on any atom is 0.0543 e. The molecule has 1 rings (SSSR count). The van der Waals surface area contributed by atoms with Crippen LogP contribution in [0.2, 0.25) is 0 Å². The third-order valence-electron chi connectivity index (χ3n) is 5.05. The summed E-state index contributed by atoms with van der Waals surface area (Å²) in [4.78, 5) is 2.77. The molecule has 1 fully saturated rings. The van der Waals surface area contributed by atoms with Gasteiger partial charge in [0.2, 0.25) is 0 Å². The molecule has 0 heterocycles. The van der Waals surface area contributed by atoms with E-state index < -0.39 is 0 Å². The Kier molecular flexibility index (Phi) is 8.01. The minimum atomic E-state index is -0.0380. The molecule has 0 radical (unpaired) electrons. The Hall–Kier alpha value is -0.0800. The number of hydrogen-bond donors (Lipinski definition) is 1. The standard InChI is InChI=1S/C17H35NO/c1-5-15(6-2)18(16(7-3)8-4)13-14-10-9-11-17(19)12-14/h14-17,19H,5-13H2,1-4H3. The van der Waals surface area contributed by atoms with Crippen LogP contribution in [0.25, 0.3) is 0 Å². The lowest BCUT2D eigenvalue weighted by Crippen LogP contribution is -2.46. The summed E-state index contributed by atoms with van der Waals surface area (Å²) in [6.45, 7) is 10.5. The molecule has 2 heteroatoms. The van der Waals surface area contributed by atoms with E-state index in [1.165, 1.54) is 45.1 Å². The third kappa shape index (κ3) is 5.07. The number of aliphatic hydroxyl groups excluding tert-OH is 1. The Morgan fingerprint density at radius 3 is 1.89 bits per heavy atom. The average Bonchev–Trinajstić information content (AvgIpc) is 2.41.